The minimum absolute atomic E-state index is 0.000243. The van der Waals surface area contributed by atoms with Crippen LogP contribution in [0.25, 0.3) is 22.2 Å². The number of H-pyrrole nitrogens is 1. The quantitative estimate of drug-likeness (QED) is 0.221. The number of thioether (sulfide) groups is 1. The number of aryl methyl sites for hydroxylation is 1. The number of amides is 2. The molecule has 2 amide bonds. The molecule has 7 rings (SSSR count). The number of carbonyl (C=O) groups excluding carboxylic acids is 2. The number of hydrogen-bond acceptors (Lipinski definition) is 4. The number of anilines is 1. The first-order valence-corrected chi connectivity index (χ1v) is 15.6. The molecular formula is C36H31FN4O2S. The summed E-state index contributed by atoms with van der Waals surface area (Å²) in [6.07, 6.45) is 0.328. The predicted octanol–water partition coefficient (Wildman–Crippen LogP) is 8.15. The smallest absolute Gasteiger partial charge is 0.241 e. The predicted molar refractivity (Wildman–Crippen MR) is 175 cm³/mol. The SMILES string of the molecule is CC(=O)N1N=C(c2ccccc2N2C(=O)C(C)SC2c2c(-c3ccc(C)cc3)[nH]c3ccccc23)CC1c1ccccc1F. The number of nitrogens with zero attached hydrogens (tertiary/aromatic N) is 3. The van der Waals surface area contributed by atoms with E-state index in [9.17, 15) is 14.0 Å². The van der Waals surface area contributed by atoms with Gasteiger partial charge in [0.2, 0.25) is 11.8 Å². The molecule has 220 valence electrons. The Labute approximate surface area is 259 Å². The number of nitrogens with one attached hydrogen (secondary N) is 1. The van der Waals surface area contributed by atoms with Crippen LogP contribution in [0.2, 0.25) is 0 Å². The van der Waals surface area contributed by atoms with Crippen molar-refractivity contribution in [1.29, 1.82) is 0 Å². The van der Waals surface area contributed by atoms with E-state index in [2.05, 4.69) is 48.3 Å². The number of carbonyl (C=O) groups is 2. The van der Waals surface area contributed by atoms with Crippen molar-refractivity contribution in [2.24, 2.45) is 5.10 Å². The fraction of sp³-hybridized carbons (Fsp3) is 0.194. The van der Waals surface area contributed by atoms with Crippen molar-refractivity contribution in [3.8, 4) is 11.3 Å². The van der Waals surface area contributed by atoms with E-state index in [-0.39, 0.29) is 28.3 Å². The molecular weight excluding hydrogens is 571 g/mol. The third-order valence-corrected chi connectivity index (χ3v) is 9.77. The lowest BCUT2D eigenvalue weighted by atomic mass is 9.96. The summed E-state index contributed by atoms with van der Waals surface area (Å²) in [6, 6.07) is 30.2. The zero-order valence-corrected chi connectivity index (χ0v) is 25.4. The molecule has 0 bridgehead atoms. The van der Waals surface area contributed by atoms with Gasteiger partial charge in [-0.3, -0.25) is 14.5 Å². The molecule has 1 aromatic heterocycles. The average Bonchev–Trinajstić information content (AvgIpc) is 3.71. The summed E-state index contributed by atoms with van der Waals surface area (Å²) in [6.45, 7) is 5.45. The minimum Gasteiger partial charge on any atom is -0.354 e. The Morgan fingerprint density at radius 3 is 2.43 bits per heavy atom. The number of rotatable bonds is 5. The first kappa shape index (κ1) is 28.1. The van der Waals surface area contributed by atoms with Crippen LogP contribution in [0.4, 0.5) is 10.1 Å². The molecule has 8 heteroatoms. The lowest BCUT2D eigenvalue weighted by Crippen LogP contribution is -2.31. The topological polar surface area (TPSA) is 68.8 Å². The highest BCUT2D eigenvalue weighted by atomic mass is 32.2. The van der Waals surface area contributed by atoms with Crippen LogP contribution in [0.5, 0.6) is 0 Å². The number of hydrogen-bond donors (Lipinski definition) is 1. The summed E-state index contributed by atoms with van der Waals surface area (Å²) < 4.78 is 14.9. The first-order valence-electron chi connectivity index (χ1n) is 14.7. The molecule has 0 saturated carbocycles. The van der Waals surface area contributed by atoms with E-state index in [1.54, 1.807) is 30.0 Å². The second kappa shape index (κ2) is 11.1. The van der Waals surface area contributed by atoms with Crippen LogP contribution in [0.15, 0.2) is 102 Å². The van der Waals surface area contributed by atoms with Crippen molar-refractivity contribution in [3.05, 3.63) is 125 Å². The minimum atomic E-state index is -0.572. The summed E-state index contributed by atoms with van der Waals surface area (Å²) in [5.74, 6) is -0.650. The van der Waals surface area contributed by atoms with Gasteiger partial charge in [-0.15, -0.1) is 11.8 Å². The van der Waals surface area contributed by atoms with Gasteiger partial charge in [0.05, 0.1) is 28.4 Å². The molecule has 0 aliphatic carbocycles. The van der Waals surface area contributed by atoms with Crippen LogP contribution in [-0.2, 0) is 9.59 Å². The van der Waals surface area contributed by atoms with E-state index in [0.29, 0.717) is 17.7 Å². The third-order valence-electron chi connectivity index (χ3n) is 8.46. The Morgan fingerprint density at radius 1 is 0.955 bits per heavy atom. The number of fused-ring (bicyclic) bond motifs is 1. The normalized spacial score (nSPS) is 20.0. The molecule has 4 aromatic carbocycles. The van der Waals surface area contributed by atoms with Crippen LogP contribution in [0, 0.1) is 12.7 Å². The van der Waals surface area contributed by atoms with Crippen LogP contribution in [-0.4, -0.2) is 32.8 Å². The van der Waals surface area contributed by atoms with Crippen LogP contribution in [0.3, 0.4) is 0 Å². The standard InChI is InChI=1S/C36H31FN4O2S/c1-21-16-18-24(19-17-21)34-33(27-12-5-8-14-29(27)38-34)36-40(35(43)22(2)44-36)31-15-9-6-11-26(31)30-20-32(41(39-30)23(3)42)25-10-4-7-13-28(25)37/h4-19,22,32,36,38H,20H2,1-3H3. The number of halogens is 1. The van der Waals surface area contributed by atoms with E-state index in [4.69, 9.17) is 5.10 Å². The molecule has 1 N–H and O–H groups in total. The maximum atomic E-state index is 14.9. The van der Waals surface area contributed by atoms with Gasteiger partial charge in [0, 0.05) is 40.9 Å². The van der Waals surface area contributed by atoms with Crippen molar-refractivity contribution < 1.29 is 14.0 Å². The molecule has 3 unspecified atom stereocenters. The van der Waals surface area contributed by atoms with Gasteiger partial charge in [-0.25, -0.2) is 9.40 Å². The number of benzene rings is 4. The number of aromatic nitrogens is 1. The van der Waals surface area contributed by atoms with Crippen molar-refractivity contribution in [1.82, 2.24) is 9.99 Å². The van der Waals surface area contributed by atoms with Gasteiger partial charge < -0.3 is 4.98 Å². The molecule has 1 fully saturated rings. The van der Waals surface area contributed by atoms with E-state index in [0.717, 1.165) is 39.0 Å². The highest BCUT2D eigenvalue weighted by Crippen LogP contribution is 2.51. The Morgan fingerprint density at radius 2 is 1.66 bits per heavy atom. The molecule has 2 aliphatic heterocycles. The van der Waals surface area contributed by atoms with Gasteiger partial charge in [0.25, 0.3) is 0 Å². The Balaban J connectivity index is 1.36. The Hall–Kier alpha value is -4.69. The lowest BCUT2D eigenvalue weighted by molar-refractivity contribution is -0.130. The van der Waals surface area contributed by atoms with Gasteiger partial charge >= 0.3 is 0 Å². The summed E-state index contributed by atoms with van der Waals surface area (Å²) in [7, 11) is 0. The molecule has 0 spiro atoms. The molecule has 3 atom stereocenters. The second-order valence-corrected chi connectivity index (χ2v) is 12.8. The monoisotopic (exact) mass is 602 g/mol. The summed E-state index contributed by atoms with van der Waals surface area (Å²) in [5.41, 5.74) is 7.78. The Kier molecular flexibility index (Phi) is 7.09. The maximum Gasteiger partial charge on any atom is 0.241 e. The van der Waals surface area contributed by atoms with Crippen molar-refractivity contribution in [2.75, 3.05) is 4.90 Å². The highest BCUT2D eigenvalue weighted by molar-refractivity contribution is 8.01. The van der Waals surface area contributed by atoms with Gasteiger partial charge in [0.15, 0.2) is 0 Å². The lowest BCUT2D eigenvalue weighted by Gasteiger charge is -2.27. The van der Waals surface area contributed by atoms with Gasteiger partial charge in [0.1, 0.15) is 11.2 Å². The first-order chi connectivity index (χ1) is 21.3. The summed E-state index contributed by atoms with van der Waals surface area (Å²) in [4.78, 5) is 32.3. The molecule has 5 aromatic rings. The van der Waals surface area contributed by atoms with E-state index in [1.165, 1.54) is 23.6 Å². The third kappa shape index (κ3) is 4.70. The Bertz CT molecular complexity index is 1950. The van der Waals surface area contributed by atoms with E-state index >= 15 is 0 Å². The number of hydrazone groups is 1. The fourth-order valence-electron chi connectivity index (χ4n) is 6.31. The summed E-state index contributed by atoms with van der Waals surface area (Å²) >= 11 is 1.62. The van der Waals surface area contributed by atoms with Gasteiger partial charge in [-0.1, -0.05) is 84.4 Å². The van der Waals surface area contributed by atoms with Crippen molar-refractivity contribution >= 4 is 45.9 Å². The molecule has 44 heavy (non-hydrogen) atoms. The largest absolute Gasteiger partial charge is 0.354 e. The second-order valence-electron chi connectivity index (χ2n) is 11.3. The van der Waals surface area contributed by atoms with Crippen LogP contribution >= 0.6 is 11.8 Å². The molecule has 0 radical (unpaired) electrons. The fourth-order valence-corrected chi connectivity index (χ4v) is 7.65. The van der Waals surface area contributed by atoms with Crippen LogP contribution < -0.4 is 4.90 Å². The van der Waals surface area contributed by atoms with Crippen LogP contribution in [0.1, 0.15) is 53.9 Å². The van der Waals surface area contributed by atoms with E-state index in [1.807, 2.05) is 48.2 Å². The molecule has 1 saturated heterocycles. The van der Waals surface area contributed by atoms with Gasteiger partial charge in [-0.05, 0) is 37.6 Å². The number of para-hydroxylation sites is 2. The number of aromatic amines is 1. The highest BCUT2D eigenvalue weighted by Gasteiger charge is 2.43. The zero-order chi connectivity index (χ0) is 30.5. The summed E-state index contributed by atoms with van der Waals surface area (Å²) in [5, 5.41) is 6.55. The van der Waals surface area contributed by atoms with Crippen molar-refractivity contribution in [2.45, 2.75) is 43.9 Å². The zero-order valence-electron chi connectivity index (χ0n) is 24.6. The maximum absolute atomic E-state index is 14.9. The van der Waals surface area contributed by atoms with Crippen molar-refractivity contribution in [3.63, 3.8) is 0 Å². The molecule has 6 nitrogen and oxygen atoms in total. The average molecular weight is 603 g/mol. The molecule has 3 heterocycles. The molecule has 2 aliphatic rings. The van der Waals surface area contributed by atoms with Gasteiger partial charge in [-0.2, -0.15) is 5.10 Å². The van der Waals surface area contributed by atoms with E-state index < -0.39 is 6.04 Å².